The van der Waals surface area contributed by atoms with E-state index in [1.807, 2.05) is 58.3 Å². The lowest BCUT2D eigenvalue weighted by Crippen LogP contribution is -2.52. The summed E-state index contributed by atoms with van der Waals surface area (Å²) >= 11 is 2.29. The fraction of sp³-hybridized carbons (Fsp3) is 0.350. The molecule has 4 aromatic rings. The van der Waals surface area contributed by atoms with Crippen LogP contribution in [-0.4, -0.2) is 55.8 Å². The Morgan fingerprint density at radius 1 is 0.980 bits per heavy atom. The van der Waals surface area contributed by atoms with Crippen LogP contribution in [0.5, 0.6) is 5.75 Å². The summed E-state index contributed by atoms with van der Waals surface area (Å²) in [5.74, 6) is 0.459. The predicted octanol–water partition coefficient (Wildman–Crippen LogP) is 6.40. The third-order valence-corrected chi connectivity index (χ3v) is 16.3. The van der Waals surface area contributed by atoms with Gasteiger partial charge in [-0.3, -0.25) is 9.59 Å². The second-order valence-electron chi connectivity index (χ2n) is 14.2. The summed E-state index contributed by atoms with van der Waals surface area (Å²) < 4.78 is 13.8. The number of benzene rings is 4. The molecular weight excluding hydrogens is 743 g/mol. The molecule has 0 bridgehead atoms. The van der Waals surface area contributed by atoms with Crippen molar-refractivity contribution in [1.82, 2.24) is 4.90 Å². The van der Waals surface area contributed by atoms with E-state index >= 15 is 0 Å². The lowest BCUT2D eigenvalue weighted by molar-refractivity contribution is -0.151. The number of ether oxygens (including phenoxy) is 2. The minimum absolute atomic E-state index is 0.0539. The molecule has 0 aromatic heterocycles. The Morgan fingerprint density at radius 3 is 2.35 bits per heavy atom. The van der Waals surface area contributed by atoms with E-state index in [2.05, 4.69) is 91.1 Å². The maximum Gasteiger partial charge on any atom is 0.264 e. The van der Waals surface area contributed by atoms with Crippen LogP contribution >= 0.6 is 22.6 Å². The van der Waals surface area contributed by atoms with Crippen molar-refractivity contribution in [3.8, 4) is 5.75 Å². The average molecular weight is 787 g/mol. The summed E-state index contributed by atoms with van der Waals surface area (Å²) in [6.07, 6.45) is 0.242. The van der Waals surface area contributed by atoms with Gasteiger partial charge in [-0.25, -0.2) is 0 Å². The Hall–Kier alpha value is -3.51. The van der Waals surface area contributed by atoms with E-state index in [4.69, 9.17) is 9.47 Å². The number of aliphatic hydroxyl groups excluding tert-OH is 1. The first-order valence-electron chi connectivity index (χ1n) is 17.0. The third kappa shape index (κ3) is 5.82. The van der Waals surface area contributed by atoms with Crippen molar-refractivity contribution >= 4 is 53.4 Å². The quantitative estimate of drug-likeness (QED) is 0.165. The lowest BCUT2D eigenvalue weighted by atomic mass is 9.82. The largest absolute Gasteiger partial charge is 0.497 e. The topological polar surface area (TPSA) is 79.3 Å². The summed E-state index contributed by atoms with van der Waals surface area (Å²) in [5, 5.41) is 11.6. The summed E-state index contributed by atoms with van der Waals surface area (Å²) in [4.78, 5) is 33.1. The molecule has 7 nitrogen and oxygen atoms in total. The van der Waals surface area contributed by atoms with Crippen molar-refractivity contribution < 1.29 is 24.2 Å². The number of fused-ring (bicyclic) bond motifs is 3. The zero-order valence-electron chi connectivity index (χ0n) is 28.4. The predicted molar refractivity (Wildman–Crippen MR) is 203 cm³/mol. The number of rotatable bonds is 8. The molecule has 254 valence electrons. The van der Waals surface area contributed by atoms with Gasteiger partial charge < -0.3 is 24.4 Å². The van der Waals surface area contributed by atoms with Crippen LogP contribution < -0.4 is 14.8 Å². The van der Waals surface area contributed by atoms with Crippen LogP contribution in [0, 0.1) is 9.49 Å². The SMILES string of the molecule is COc1ccc([Si](C)(C)[C@H]2[C@H](CC(=O)N3Cc4ccccc4C[C@H]3CO)O[C@@]3(C(=O)N(Cc4ccc(I)cc4)c4ccccc43)[C@@H]2C)cc1. The number of carbonyl (C=O) groups excluding carboxylic acids is 2. The molecule has 49 heavy (non-hydrogen) atoms. The van der Waals surface area contributed by atoms with Gasteiger partial charge in [0.15, 0.2) is 5.60 Å². The van der Waals surface area contributed by atoms with Crippen LogP contribution in [0.25, 0.3) is 0 Å². The number of carbonyl (C=O) groups is 2. The number of para-hydroxylation sites is 1. The Kier molecular flexibility index (Phi) is 9.23. The Labute approximate surface area is 303 Å². The maximum absolute atomic E-state index is 15.0. The molecule has 7 rings (SSSR count). The average Bonchev–Trinajstić information content (AvgIpc) is 3.54. The van der Waals surface area contributed by atoms with Crippen LogP contribution in [0.15, 0.2) is 97.1 Å². The molecule has 1 fully saturated rings. The van der Waals surface area contributed by atoms with Crippen molar-refractivity contribution in [2.75, 3.05) is 18.6 Å². The number of methoxy groups -OCH3 is 1. The fourth-order valence-electron chi connectivity index (χ4n) is 8.73. The molecular formula is C40H43IN2O5Si. The molecule has 1 spiro atoms. The van der Waals surface area contributed by atoms with E-state index in [0.717, 1.165) is 31.7 Å². The molecule has 0 unspecified atom stereocenters. The monoisotopic (exact) mass is 786 g/mol. The number of halogens is 1. The molecule has 0 aliphatic carbocycles. The molecule has 9 heteroatoms. The standard InChI is InChI=1S/C40H43IN2O5Si/c1-26-38(49(3,4)33-19-17-32(47-2)18-20-33)36(22-37(45)42-24-29-10-6-5-9-28(29)21-31(42)25-44)48-40(26)34-11-7-8-12-35(34)43(39(40)46)23-27-13-15-30(41)16-14-27/h5-20,26,31,36,38,44H,21-25H2,1-4H3/t26-,31+,36+,38-,40+/m1/s1. The molecule has 1 N–H and O–H groups in total. The number of aliphatic hydroxyl groups is 1. The molecule has 2 amide bonds. The number of amides is 2. The van der Waals surface area contributed by atoms with Crippen molar-refractivity contribution in [2.45, 2.75) is 69.2 Å². The summed E-state index contributed by atoms with van der Waals surface area (Å²) in [6.45, 7) is 7.59. The van der Waals surface area contributed by atoms with Crippen molar-refractivity contribution in [1.29, 1.82) is 0 Å². The van der Waals surface area contributed by atoms with Gasteiger partial charge in [0.2, 0.25) is 5.91 Å². The van der Waals surface area contributed by atoms with Crippen molar-refractivity contribution in [2.24, 2.45) is 5.92 Å². The molecule has 4 aromatic carbocycles. The zero-order valence-corrected chi connectivity index (χ0v) is 31.6. The molecule has 1 saturated heterocycles. The minimum Gasteiger partial charge on any atom is -0.497 e. The molecule has 0 radical (unpaired) electrons. The summed E-state index contributed by atoms with van der Waals surface area (Å²) in [5.41, 5.74) is 3.76. The number of nitrogens with zero attached hydrogens (tertiary/aromatic N) is 2. The second-order valence-corrected chi connectivity index (χ2v) is 20.2. The molecule has 0 saturated carbocycles. The van der Waals surface area contributed by atoms with Gasteiger partial charge in [-0.15, -0.1) is 0 Å². The van der Waals surface area contributed by atoms with Gasteiger partial charge in [0, 0.05) is 21.6 Å². The normalized spacial score (nSPS) is 24.7. The smallest absolute Gasteiger partial charge is 0.264 e. The van der Waals surface area contributed by atoms with Crippen LogP contribution in [0.1, 0.15) is 35.6 Å². The second kappa shape index (κ2) is 13.3. The minimum atomic E-state index is -2.43. The lowest BCUT2D eigenvalue weighted by Gasteiger charge is -2.39. The first kappa shape index (κ1) is 34.0. The first-order chi connectivity index (χ1) is 23.6. The Balaban J connectivity index is 1.28. The summed E-state index contributed by atoms with van der Waals surface area (Å²) in [7, 11) is -0.760. The number of hydrogen-bond acceptors (Lipinski definition) is 5. The van der Waals surface area contributed by atoms with Gasteiger partial charge in [-0.2, -0.15) is 0 Å². The maximum atomic E-state index is 15.0. The fourth-order valence-corrected chi connectivity index (χ4v) is 13.1. The van der Waals surface area contributed by atoms with E-state index in [0.29, 0.717) is 19.5 Å². The van der Waals surface area contributed by atoms with E-state index < -0.39 is 19.8 Å². The third-order valence-electron chi connectivity index (χ3n) is 11.3. The van der Waals surface area contributed by atoms with Gasteiger partial charge in [0.05, 0.1) is 52.6 Å². The van der Waals surface area contributed by atoms with Gasteiger partial charge in [0.25, 0.3) is 5.91 Å². The molecule has 5 atom stereocenters. The van der Waals surface area contributed by atoms with Gasteiger partial charge in [-0.05, 0) is 81.6 Å². The molecule has 3 aliphatic rings. The van der Waals surface area contributed by atoms with Crippen molar-refractivity contribution in [3.05, 3.63) is 123 Å². The van der Waals surface area contributed by atoms with E-state index in [1.54, 1.807) is 7.11 Å². The van der Waals surface area contributed by atoms with Gasteiger partial charge >= 0.3 is 0 Å². The highest BCUT2D eigenvalue weighted by Crippen LogP contribution is 2.60. The Morgan fingerprint density at radius 2 is 1.65 bits per heavy atom. The number of anilines is 1. The first-order valence-corrected chi connectivity index (χ1v) is 21.2. The highest BCUT2D eigenvalue weighted by molar-refractivity contribution is 14.1. The van der Waals surface area contributed by atoms with Crippen LogP contribution in [0.4, 0.5) is 5.69 Å². The highest BCUT2D eigenvalue weighted by atomic mass is 127. The van der Waals surface area contributed by atoms with E-state index in [1.165, 1.54) is 10.8 Å². The van der Waals surface area contributed by atoms with E-state index in [-0.39, 0.29) is 42.3 Å². The number of hydrogen-bond donors (Lipinski definition) is 1. The van der Waals surface area contributed by atoms with Crippen molar-refractivity contribution in [3.63, 3.8) is 0 Å². The van der Waals surface area contributed by atoms with Gasteiger partial charge in [0.1, 0.15) is 5.75 Å². The molecule has 3 heterocycles. The summed E-state index contributed by atoms with van der Waals surface area (Å²) in [6, 6.07) is 32.4. The zero-order chi connectivity index (χ0) is 34.5. The Bertz CT molecular complexity index is 1870. The molecule has 3 aliphatic heterocycles. The highest BCUT2D eigenvalue weighted by Gasteiger charge is 2.66. The van der Waals surface area contributed by atoms with Crippen LogP contribution in [0.3, 0.4) is 0 Å². The van der Waals surface area contributed by atoms with Crippen LogP contribution in [0.2, 0.25) is 18.6 Å². The van der Waals surface area contributed by atoms with Gasteiger partial charge in [-0.1, -0.05) is 91.9 Å². The van der Waals surface area contributed by atoms with Crippen LogP contribution in [-0.2, 0) is 39.4 Å². The van der Waals surface area contributed by atoms with E-state index in [9.17, 15) is 14.7 Å².